The Balaban J connectivity index is 1.08. The zero-order valence-corrected chi connectivity index (χ0v) is 25.0. The summed E-state index contributed by atoms with van der Waals surface area (Å²) in [4.78, 5) is 7.17. The van der Waals surface area contributed by atoms with E-state index in [2.05, 4.69) is 169 Å². The SMILES string of the molecule is c1ccc(N(c2ccc(-c3cc4oc5ccc6ccccc6c5c4cn3)cc2)c2ccc(-c3cccc4ccccc34)cc2)cc1. The Morgan fingerprint density at radius 3 is 1.80 bits per heavy atom. The molecule has 2 aromatic heterocycles. The molecule has 0 amide bonds. The summed E-state index contributed by atoms with van der Waals surface area (Å²) in [5.41, 5.74) is 9.35. The van der Waals surface area contributed by atoms with Gasteiger partial charge in [0, 0.05) is 45.7 Å². The minimum atomic E-state index is 0.845. The molecule has 216 valence electrons. The van der Waals surface area contributed by atoms with Crippen molar-refractivity contribution in [2.75, 3.05) is 4.90 Å². The molecule has 0 unspecified atom stereocenters. The van der Waals surface area contributed by atoms with Gasteiger partial charge in [-0.3, -0.25) is 4.98 Å². The smallest absolute Gasteiger partial charge is 0.139 e. The highest BCUT2D eigenvalue weighted by atomic mass is 16.3. The van der Waals surface area contributed by atoms with E-state index in [0.29, 0.717) is 0 Å². The first kappa shape index (κ1) is 26.2. The van der Waals surface area contributed by atoms with E-state index < -0.39 is 0 Å². The van der Waals surface area contributed by atoms with Gasteiger partial charge in [-0.15, -0.1) is 0 Å². The summed E-state index contributed by atoms with van der Waals surface area (Å²) in [5.74, 6) is 0. The van der Waals surface area contributed by atoms with Gasteiger partial charge in [-0.2, -0.15) is 0 Å². The molecule has 46 heavy (non-hydrogen) atoms. The van der Waals surface area contributed by atoms with Crippen molar-refractivity contribution < 1.29 is 4.42 Å². The van der Waals surface area contributed by atoms with E-state index in [1.54, 1.807) is 0 Å². The van der Waals surface area contributed by atoms with Crippen LogP contribution in [-0.4, -0.2) is 4.98 Å². The fourth-order valence-corrected chi connectivity index (χ4v) is 6.67. The van der Waals surface area contributed by atoms with Gasteiger partial charge in [-0.25, -0.2) is 0 Å². The molecular formula is C43H28N2O. The lowest BCUT2D eigenvalue weighted by Gasteiger charge is -2.26. The maximum absolute atomic E-state index is 6.32. The average molecular weight is 589 g/mol. The largest absolute Gasteiger partial charge is 0.456 e. The average Bonchev–Trinajstić information content (AvgIpc) is 3.51. The summed E-state index contributed by atoms with van der Waals surface area (Å²) in [6.45, 7) is 0. The topological polar surface area (TPSA) is 29.3 Å². The second kappa shape index (κ2) is 10.8. The predicted molar refractivity (Wildman–Crippen MR) is 192 cm³/mol. The minimum absolute atomic E-state index is 0.845. The molecule has 0 spiro atoms. The molecular weight excluding hydrogens is 560 g/mol. The number of hydrogen-bond acceptors (Lipinski definition) is 3. The molecule has 0 saturated heterocycles. The highest BCUT2D eigenvalue weighted by molar-refractivity contribution is 6.18. The molecule has 0 aliphatic rings. The van der Waals surface area contributed by atoms with Crippen LogP contribution in [0.5, 0.6) is 0 Å². The Bertz CT molecular complexity index is 2510. The van der Waals surface area contributed by atoms with Gasteiger partial charge in [0.15, 0.2) is 0 Å². The minimum Gasteiger partial charge on any atom is -0.456 e. The number of para-hydroxylation sites is 1. The van der Waals surface area contributed by atoms with Gasteiger partial charge in [0.05, 0.1) is 5.69 Å². The van der Waals surface area contributed by atoms with Crippen molar-refractivity contribution in [2.24, 2.45) is 0 Å². The summed E-state index contributed by atoms with van der Waals surface area (Å²) < 4.78 is 6.32. The Morgan fingerprint density at radius 2 is 1.04 bits per heavy atom. The number of hydrogen-bond donors (Lipinski definition) is 0. The third-order valence-corrected chi connectivity index (χ3v) is 8.91. The normalized spacial score (nSPS) is 11.5. The summed E-state index contributed by atoms with van der Waals surface area (Å²) in [6, 6.07) is 57.7. The Morgan fingerprint density at radius 1 is 0.435 bits per heavy atom. The molecule has 0 radical (unpaired) electrons. The maximum Gasteiger partial charge on any atom is 0.139 e. The fourth-order valence-electron chi connectivity index (χ4n) is 6.67. The van der Waals surface area contributed by atoms with E-state index in [1.807, 2.05) is 6.20 Å². The van der Waals surface area contributed by atoms with E-state index in [-0.39, 0.29) is 0 Å². The van der Waals surface area contributed by atoms with Crippen LogP contribution in [-0.2, 0) is 0 Å². The Labute approximate surface area is 266 Å². The molecule has 0 atom stereocenters. The van der Waals surface area contributed by atoms with Gasteiger partial charge in [0.2, 0.25) is 0 Å². The van der Waals surface area contributed by atoms with Crippen LogP contribution in [0, 0.1) is 0 Å². The van der Waals surface area contributed by atoms with Gasteiger partial charge in [-0.05, 0) is 75.1 Å². The summed E-state index contributed by atoms with van der Waals surface area (Å²) >= 11 is 0. The first-order valence-electron chi connectivity index (χ1n) is 15.5. The zero-order valence-electron chi connectivity index (χ0n) is 25.0. The Hall–Kier alpha value is -6.19. The predicted octanol–water partition coefficient (Wildman–Crippen LogP) is 12.1. The number of rotatable bonds is 5. The van der Waals surface area contributed by atoms with Crippen LogP contribution in [0.1, 0.15) is 0 Å². The number of pyridine rings is 1. The number of furan rings is 1. The van der Waals surface area contributed by atoms with Gasteiger partial charge in [0.25, 0.3) is 0 Å². The molecule has 0 saturated carbocycles. The number of anilines is 3. The van der Waals surface area contributed by atoms with E-state index >= 15 is 0 Å². The molecule has 0 aliphatic carbocycles. The third kappa shape index (κ3) is 4.41. The number of nitrogens with zero attached hydrogens (tertiary/aromatic N) is 2. The number of aromatic nitrogens is 1. The van der Waals surface area contributed by atoms with Crippen LogP contribution in [0.2, 0.25) is 0 Å². The second-order valence-corrected chi connectivity index (χ2v) is 11.6. The van der Waals surface area contributed by atoms with Gasteiger partial charge >= 0.3 is 0 Å². The van der Waals surface area contributed by atoms with E-state index in [0.717, 1.165) is 50.3 Å². The van der Waals surface area contributed by atoms with Crippen LogP contribution in [0.15, 0.2) is 174 Å². The van der Waals surface area contributed by atoms with Crippen molar-refractivity contribution in [3.05, 3.63) is 170 Å². The Kier molecular flexibility index (Phi) is 6.14. The van der Waals surface area contributed by atoms with Gasteiger partial charge in [-0.1, -0.05) is 115 Å². The van der Waals surface area contributed by atoms with E-state index in [9.17, 15) is 0 Å². The van der Waals surface area contributed by atoms with Crippen LogP contribution in [0.3, 0.4) is 0 Å². The molecule has 3 heteroatoms. The second-order valence-electron chi connectivity index (χ2n) is 11.6. The summed E-state index contributed by atoms with van der Waals surface area (Å²) in [7, 11) is 0. The highest BCUT2D eigenvalue weighted by Gasteiger charge is 2.15. The summed E-state index contributed by atoms with van der Waals surface area (Å²) in [6.07, 6.45) is 1.95. The van der Waals surface area contributed by atoms with Crippen molar-refractivity contribution >= 4 is 60.5 Å². The number of benzene rings is 7. The molecule has 0 bridgehead atoms. The van der Waals surface area contributed by atoms with Crippen molar-refractivity contribution in [1.29, 1.82) is 0 Å². The van der Waals surface area contributed by atoms with Gasteiger partial charge < -0.3 is 9.32 Å². The lowest BCUT2D eigenvalue weighted by atomic mass is 9.98. The quantitative estimate of drug-likeness (QED) is 0.200. The van der Waals surface area contributed by atoms with E-state index in [1.165, 1.54) is 32.7 Å². The first-order chi connectivity index (χ1) is 22.8. The van der Waals surface area contributed by atoms with Gasteiger partial charge in [0.1, 0.15) is 11.2 Å². The van der Waals surface area contributed by atoms with Crippen molar-refractivity contribution in [2.45, 2.75) is 0 Å². The molecule has 9 rings (SSSR count). The van der Waals surface area contributed by atoms with Crippen LogP contribution < -0.4 is 4.90 Å². The van der Waals surface area contributed by atoms with Crippen LogP contribution in [0.25, 0.3) is 65.9 Å². The number of fused-ring (bicyclic) bond motifs is 6. The lowest BCUT2D eigenvalue weighted by molar-refractivity contribution is 0.669. The van der Waals surface area contributed by atoms with Crippen LogP contribution >= 0.6 is 0 Å². The lowest BCUT2D eigenvalue weighted by Crippen LogP contribution is -2.09. The van der Waals surface area contributed by atoms with Crippen LogP contribution in [0.4, 0.5) is 17.1 Å². The van der Waals surface area contributed by atoms with Crippen molar-refractivity contribution in [1.82, 2.24) is 4.98 Å². The zero-order chi connectivity index (χ0) is 30.5. The monoisotopic (exact) mass is 588 g/mol. The summed E-state index contributed by atoms with van der Waals surface area (Å²) in [5, 5.41) is 7.04. The molecule has 2 heterocycles. The van der Waals surface area contributed by atoms with E-state index in [4.69, 9.17) is 9.40 Å². The maximum atomic E-state index is 6.32. The molecule has 7 aromatic carbocycles. The molecule has 9 aromatic rings. The standard InChI is InChI=1S/C43H28N2O/c1-2-12-33(13-3-1)45(34-22-17-31(18-23-34)37-16-8-11-29-9-4-6-14-36(29)37)35-24-19-32(20-25-35)40-27-42-39(28-44-40)43-38-15-7-5-10-30(38)21-26-41(43)46-42/h1-28H. The molecule has 0 N–H and O–H groups in total. The van der Waals surface area contributed by atoms with Crippen molar-refractivity contribution in [3.63, 3.8) is 0 Å². The van der Waals surface area contributed by atoms with Crippen molar-refractivity contribution in [3.8, 4) is 22.4 Å². The fraction of sp³-hybridized carbons (Fsp3) is 0. The third-order valence-electron chi connectivity index (χ3n) is 8.91. The molecule has 0 aliphatic heterocycles. The highest BCUT2D eigenvalue weighted by Crippen LogP contribution is 2.39. The molecule has 3 nitrogen and oxygen atoms in total. The molecule has 0 fully saturated rings. The first-order valence-corrected chi connectivity index (χ1v) is 15.5.